The zero-order chi connectivity index (χ0) is 30.4. The van der Waals surface area contributed by atoms with Crippen molar-refractivity contribution in [3.05, 3.63) is 70.3 Å². The minimum Gasteiger partial charge on any atom is -0.490 e. The van der Waals surface area contributed by atoms with Crippen molar-refractivity contribution in [1.29, 1.82) is 0 Å². The van der Waals surface area contributed by atoms with Crippen molar-refractivity contribution in [2.45, 2.75) is 75.2 Å². The number of carbonyl (C=O) groups excluding carboxylic acids is 1. The molecule has 4 aliphatic rings. The predicted octanol–water partition coefficient (Wildman–Crippen LogP) is 5.74. The van der Waals surface area contributed by atoms with E-state index in [-0.39, 0.29) is 30.1 Å². The molecule has 1 spiro atoms. The van der Waals surface area contributed by atoms with Gasteiger partial charge in [-0.15, -0.1) is 0 Å². The number of fused-ring (bicyclic) bond motifs is 4. The van der Waals surface area contributed by atoms with Gasteiger partial charge >= 0.3 is 5.97 Å². The molecule has 230 valence electrons. The van der Waals surface area contributed by atoms with Crippen molar-refractivity contribution in [2.75, 3.05) is 38.2 Å². The third-order valence-electron chi connectivity index (χ3n) is 10.6. The Hall–Kier alpha value is -3.03. The number of rotatable bonds is 2. The van der Waals surface area contributed by atoms with Crippen LogP contribution < -0.4 is 9.64 Å². The monoisotopic (exact) mass is 606 g/mol. The Morgan fingerprint density at radius 3 is 2.79 bits per heavy atom. The lowest BCUT2D eigenvalue weighted by atomic mass is 9.68. The number of nitrogens with zero attached hydrogens (tertiary/aromatic N) is 2. The van der Waals surface area contributed by atoms with Gasteiger partial charge in [0.25, 0.3) is 0 Å². The number of anilines is 1. The third kappa shape index (κ3) is 5.91. The lowest BCUT2D eigenvalue weighted by Crippen LogP contribution is -2.49. The van der Waals surface area contributed by atoms with Crippen molar-refractivity contribution in [1.82, 2.24) is 4.90 Å². The van der Waals surface area contributed by atoms with Gasteiger partial charge in [-0.2, -0.15) is 0 Å². The Morgan fingerprint density at radius 2 is 2.02 bits per heavy atom. The molecule has 7 nitrogen and oxygen atoms in total. The van der Waals surface area contributed by atoms with Crippen LogP contribution in [-0.4, -0.2) is 66.4 Å². The van der Waals surface area contributed by atoms with Crippen LogP contribution in [0.15, 0.2) is 48.6 Å². The highest BCUT2D eigenvalue weighted by atomic mass is 35.5. The van der Waals surface area contributed by atoms with Gasteiger partial charge in [-0.3, -0.25) is 9.59 Å². The van der Waals surface area contributed by atoms with E-state index < -0.39 is 17.5 Å². The van der Waals surface area contributed by atoms with Gasteiger partial charge in [0.15, 0.2) is 0 Å². The molecule has 2 aromatic rings. The van der Waals surface area contributed by atoms with E-state index >= 15 is 0 Å². The van der Waals surface area contributed by atoms with E-state index in [2.05, 4.69) is 23.1 Å². The predicted molar refractivity (Wildman–Crippen MR) is 168 cm³/mol. The summed E-state index contributed by atoms with van der Waals surface area (Å²) < 4.78 is 6.66. The largest absolute Gasteiger partial charge is 0.490 e. The number of benzene rings is 2. The SMILES string of the molecule is CN1CC/C=C/C(O)[C@@H]2CC[C@H]2CN2C[C@@]3(CCCc4cc(Cl)ccc43)COc3ccc(cc32)[C@@](C)(CC(=O)O)CC1=O. The summed E-state index contributed by atoms with van der Waals surface area (Å²) >= 11 is 6.42. The molecule has 0 aromatic heterocycles. The third-order valence-corrected chi connectivity index (χ3v) is 10.8. The summed E-state index contributed by atoms with van der Waals surface area (Å²) in [5.74, 6) is 0.247. The molecule has 2 aromatic carbocycles. The average Bonchev–Trinajstić information content (AvgIpc) is 3.09. The number of amides is 1. The van der Waals surface area contributed by atoms with Gasteiger partial charge in [0, 0.05) is 49.0 Å². The summed E-state index contributed by atoms with van der Waals surface area (Å²) in [5, 5.41) is 21.8. The van der Waals surface area contributed by atoms with Gasteiger partial charge in [-0.25, -0.2) is 0 Å². The van der Waals surface area contributed by atoms with Crippen LogP contribution >= 0.6 is 11.6 Å². The summed E-state index contributed by atoms with van der Waals surface area (Å²) in [5.41, 5.74) is 3.23. The van der Waals surface area contributed by atoms with Crippen molar-refractivity contribution >= 4 is 29.2 Å². The number of aliphatic hydroxyl groups excluding tert-OH is 1. The normalized spacial score (nSPS) is 31.7. The molecule has 1 amide bonds. The van der Waals surface area contributed by atoms with Crippen LogP contribution in [0.25, 0.3) is 0 Å². The molecular weight excluding hydrogens is 564 g/mol. The van der Waals surface area contributed by atoms with Gasteiger partial charge in [0.2, 0.25) is 5.91 Å². The number of hydrogen-bond donors (Lipinski definition) is 2. The smallest absolute Gasteiger partial charge is 0.304 e. The zero-order valence-corrected chi connectivity index (χ0v) is 26.0. The Kier molecular flexibility index (Phi) is 8.24. The Morgan fingerprint density at radius 1 is 1.19 bits per heavy atom. The first-order chi connectivity index (χ1) is 20.6. The number of carboxylic acids is 1. The van der Waals surface area contributed by atoms with Crippen molar-refractivity contribution in [3.63, 3.8) is 0 Å². The van der Waals surface area contributed by atoms with Crippen LogP contribution in [-0.2, 0) is 26.8 Å². The van der Waals surface area contributed by atoms with E-state index in [1.807, 2.05) is 37.3 Å². The molecule has 2 aliphatic carbocycles. The van der Waals surface area contributed by atoms with E-state index in [0.29, 0.717) is 25.5 Å². The number of hydrogen-bond acceptors (Lipinski definition) is 5. The number of aliphatic hydroxyl groups is 1. The van der Waals surface area contributed by atoms with Gasteiger partial charge < -0.3 is 24.7 Å². The lowest BCUT2D eigenvalue weighted by molar-refractivity contribution is -0.139. The van der Waals surface area contributed by atoms with E-state index in [0.717, 1.165) is 67.2 Å². The van der Waals surface area contributed by atoms with Gasteiger partial charge in [0.05, 0.1) is 24.8 Å². The molecular formula is C35H43ClN2O5. The molecule has 5 atom stereocenters. The van der Waals surface area contributed by atoms with Crippen LogP contribution in [0.1, 0.15) is 68.6 Å². The van der Waals surface area contributed by atoms with Crippen molar-refractivity contribution in [2.24, 2.45) is 11.8 Å². The highest BCUT2D eigenvalue weighted by molar-refractivity contribution is 6.30. The summed E-state index contributed by atoms with van der Waals surface area (Å²) in [7, 11) is 1.76. The Labute approximate surface area is 259 Å². The number of carbonyl (C=O) groups is 2. The fraction of sp³-hybridized carbons (Fsp3) is 0.543. The number of halogens is 1. The molecule has 2 aliphatic heterocycles. The topological polar surface area (TPSA) is 90.3 Å². The van der Waals surface area contributed by atoms with Crippen LogP contribution in [0, 0.1) is 11.8 Å². The van der Waals surface area contributed by atoms with Crippen molar-refractivity contribution < 1.29 is 24.5 Å². The molecule has 8 heteroatoms. The summed E-state index contributed by atoms with van der Waals surface area (Å²) in [6, 6.07) is 12.2. The van der Waals surface area contributed by atoms with Crippen molar-refractivity contribution in [3.8, 4) is 5.75 Å². The number of ether oxygens (including phenoxy) is 1. The van der Waals surface area contributed by atoms with E-state index in [1.54, 1.807) is 11.9 Å². The second kappa shape index (κ2) is 11.8. The Balaban J connectivity index is 1.45. The van der Waals surface area contributed by atoms with Crippen LogP contribution in [0.5, 0.6) is 5.75 Å². The molecule has 2 bridgehead atoms. The van der Waals surface area contributed by atoms with Crippen LogP contribution in [0.2, 0.25) is 5.02 Å². The number of carboxylic acid groups (broad SMARTS) is 1. The lowest BCUT2D eigenvalue weighted by Gasteiger charge is -2.45. The molecule has 2 N–H and O–H groups in total. The van der Waals surface area contributed by atoms with Crippen LogP contribution in [0.4, 0.5) is 5.69 Å². The quantitative estimate of drug-likeness (QED) is 0.424. The number of aryl methyl sites for hydroxylation is 1. The standard InChI is InChI=1S/C35H43ClN2O5/c1-34(19-33(41)42)18-32(40)37(2)15-4-3-7-30(39)27-11-8-24(27)20-38-21-35(22-43-31-13-9-25(34)17-29(31)38)14-5-6-23-16-26(36)10-12-28(23)35/h3,7,9-10,12-13,16-17,24,27,30,39H,4-6,8,11,14-15,18-22H2,1-2H3,(H,41,42)/b7-3+/t24-,27+,30?,34+,35-/m0/s1. The van der Waals surface area contributed by atoms with Crippen LogP contribution in [0.3, 0.4) is 0 Å². The highest BCUT2D eigenvalue weighted by Crippen LogP contribution is 2.48. The first-order valence-electron chi connectivity index (χ1n) is 15.7. The second-order valence-electron chi connectivity index (χ2n) is 13.6. The maximum Gasteiger partial charge on any atom is 0.304 e. The summed E-state index contributed by atoms with van der Waals surface area (Å²) in [6.07, 6.45) is 9.00. The molecule has 6 rings (SSSR count). The first kappa shape index (κ1) is 30.0. The van der Waals surface area contributed by atoms with Gasteiger partial charge in [-0.05, 0) is 91.3 Å². The highest BCUT2D eigenvalue weighted by Gasteiger charge is 2.44. The fourth-order valence-electron chi connectivity index (χ4n) is 7.88. The molecule has 2 heterocycles. The van der Waals surface area contributed by atoms with E-state index in [1.165, 1.54) is 11.1 Å². The minimum atomic E-state index is -0.930. The van der Waals surface area contributed by atoms with Gasteiger partial charge in [0.1, 0.15) is 5.75 Å². The molecule has 0 saturated heterocycles. The van der Waals surface area contributed by atoms with E-state index in [4.69, 9.17) is 16.3 Å². The molecule has 1 saturated carbocycles. The first-order valence-corrected chi connectivity index (χ1v) is 16.1. The summed E-state index contributed by atoms with van der Waals surface area (Å²) in [4.78, 5) is 29.6. The fourth-order valence-corrected chi connectivity index (χ4v) is 8.08. The molecule has 1 fully saturated rings. The maximum atomic E-state index is 13.4. The van der Waals surface area contributed by atoms with E-state index in [9.17, 15) is 19.8 Å². The molecule has 43 heavy (non-hydrogen) atoms. The summed E-state index contributed by atoms with van der Waals surface area (Å²) in [6.45, 7) is 4.47. The zero-order valence-electron chi connectivity index (χ0n) is 25.2. The second-order valence-corrected chi connectivity index (χ2v) is 14.1. The maximum absolute atomic E-state index is 13.4. The molecule has 0 radical (unpaired) electrons. The Bertz CT molecular complexity index is 1430. The minimum absolute atomic E-state index is 0.0879. The number of aliphatic carboxylic acids is 1. The average molecular weight is 607 g/mol. The van der Waals surface area contributed by atoms with Gasteiger partial charge in [-0.1, -0.05) is 42.8 Å². The molecule has 1 unspecified atom stereocenters.